The highest BCUT2D eigenvalue weighted by molar-refractivity contribution is 9.10. The summed E-state index contributed by atoms with van der Waals surface area (Å²) in [5, 5.41) is 2.67. The lowest BCUT2D eigenvalue weighted by Crippen LogP contribution is -2.29. The number of nitrogens with one attached hydrogen (secondary N) is 1. The molecular weight excluding hydrogens is 385 g/mol. The molecule has 8 heteroatoms. The molecular formula is C13H16BrClFNO3S. The predicted molar refractivity (Wildman–Crippen MR) is 83.5 cm³/mol. The summed E-state index contributed by atoms with van der Waals surface area (Å²) in [5.41, 5.74) is -0.0971. The van der Waals surface area contributed by atoms with E-state index >= 15 is 0 Å². The van der Waals surface area contributed by atoms with Crippen molar-refractivity contribution < 1.29 is 17.6 Å². The quantitative estimate of drug-likeness (QED) is 0.741. The Hall–Kier alpha value is -0.660. The Kier molecular flexibility index (Phi) is 6.62. The zero-order valence-electron chi connectivity index (χ0n) is 11.6. The van der Waals surface area contributed by atoms with E-state index in [-0.39, 0.29) is 10.0 Å². The second kappa shape index (κ2) is 7.56. The molecule has 0 saturated heterocycles. The third-order valence-corrected chi connectivity index (χ3v) is 5.68. The van der Waals surface area contributed by atoms with E-state index in [1.54, 1.807) is 0 Å². The van der Waals surface area contributed by atoms with Gasteiger partial charge in [0.05, 0.1) is 10.0 Å². The molecule has 118 valence electrons. The number of carbonyl (C=O) groups is 1. The van der Waals surface area contributed by atoms with Crippen LogP contribution >= 0.6 is 26.6 Å². The van der Waals surface area contributed by atoms with Crippen LogP contribution in [-0.2, 0) is 9.05 Å². The zero-order valence-corrected chi connectivity index (χ0v) is 14.8. The summed E-state index contributed by atoms with van der Waals surface area (Å²) in [6, 6.07) is 1.74. The Balaban J connectivity index is 3.08. The Morgan fingerprint density at radius 2 is 1.95 bits per heavy atom. The van der Waals surface area contributed by atoms with E-state index in [0.29, 0.717) is 12.5 Å². The largest absolute Gasteiger partial charge is 0.352 e. The Morgan fingerprint density at radius 1 is 1.38 bits per heavy atom. The monoisotopic (exact) mass is 399 g/mol. The molecule has 0 saturated carbocycles. The van der Waals surface area contributed by atoms with Gasteiger partial charge in [-0.15, -0.1) is 0 Å². The molecule has 1 amide bonds. The maximum absolute atomic E-state index is 13.5. The molecule has 4 nitrogen and oxygen atoms in total. The van der Waals surface area contributed by atoms with Crippen molar-refractivity contribution in [2.45, 2.75) is 31.6 Å². The van der Waals surface area contributed by atoms with Gasteiger partial charge in [-0.3, -0.25) is 4.79 Å². The summed E-state index contributed by atoms with van der Waals surface area (Å²) in [6.07, 6.45) is 1.81. The van der Waals surface area contributed by atoms with Gasteiger partial charge >= 0.3 is 0 Å². The van der Waals surface area contributed by atoms with E-state index < -0.39 is 25.7 Å². The molecule has 0 aliphatic heterocycles. The predicted octanol–water partition coefficient (Wildman–Crippen LogP) is 3.68. The normalized spacial score (nSPS) is 11.7. The van der Waals surface area contributed by atoms with Gasteiger partial charge in [0.25, 0.3) is 15.0 Å². The van der Waals surface area contributed by atoms with Crippen molar-refractivity contribution in [3.05, 3.63) is 28.0 Å². The molecule has 1 aromatic rings. The summed E-state index contributed by atoms with van der Waals surface area (Å²) >= 11 is 3.00. The summed E-state index contributed by atoms with van der Waals surface area (Å²) in [6.45, 7) is 4.46. The second-order valence-corrected chi connectivity index (χ2v) is 7.92. The Labute approximate surface area is 136 Å². The molecule has 0 aromatic heterocycles. The van der Waals surface area contributed by atoms with E-state index in [1.165, 1.54) is 0 Å². The van der Waals surface area contributed by atoms with Gasteiger partial charge in [0.2, 0.25) is 0 Å². The van der Waals surface area contributed by atoms with Crippen LogP contribution in [-0.4, -0.2) is 20.9 Å². The van der Waals surface area contributed by atoms with Crippen molar-refractivity contribution in [1.82, 2.24) is 5.32 Å². The Morgan fingerprint density at radius 3 is 2.43 bits per heavy atom. The lowest BCUT2D eigenvalue weighted by Gasteiger charge is -2.14. The molecule has 0 heterocycles. The van der Waals surface area contributed by atoms with E-state index in [1.807, 2.05) is 13.8 Å². The molecule has 0 atom stereocenters. The number of amides is 1. The van der Waals surface area contributed by atoms with Crippen molar-refractivity contribution in [3.8, 4) is 0 Å². The molecule has 0 aliphatic rings. The first kappa shape index (κ1) is 18.4. The number of halogens is 3. The van der Waals surface area contributed by atoms with Crippen LogP contribution < -0.4 is 5.32 Å². The third-order valence-electron chi connectivity index (χ3n) is 3.22. The molecule has 1 rings (SSSR count). The summed E-state index contributed by atoms with van der Waals surface area (Å²) < 4.78 is 36.2. The van der Waals surface area contributed by atoms with Crippen LogP contribution in [0.4, 0.5) is 4.39 Å². The SMILES string of the molecule is CCC(CC)CNC(=O)c1cc(F)cc(S(=O)(=O)Cl)c1Br. The van der Waals surface area contributed by atoms with Crippen molar-refractivity contribution >= 4 is 41.6 Å². The fourth-order valence-electron chi connectivity index (χ4n) is 1.82. The average Bonchev–Trinajstić information content (AvgIpc) is 2.40. The topological polar surface area (TPSA) is 63.2 Å². The van der Waals surface area contributed by atoms with Gasteiger partial charge in [-0.05, 0) is 34.0 Å². The van der Waals surface area contributed by atoms with Crippen molar-refractivity contribution in [1.29, 1.82) is 0 Å². The first-order valence-corrected chi connectivity index (χ1v) is 9.52. The molecule has 0 aliphatic carbocycles. The van der Waals surface area contributed by atoms with Gasteiger partial charge in [0.15, 0.2) is 0 Å². The smallest absolute Gasteiger partial charge is 0.262 e. The van der Waals surface area contributed by atoms with Crippen LogP contribution in [0.3, 0.4) is 0 Å². The second-order valence-electron chi connectivity index (χ2n) is 4.60. The van der Waals surface area contributed by atoms with E-state index in [2.05, 4.69) is 21.2 Å². The van der Waals surface area contributed by atoms with Gasteiger partial charge in [-0.2, -0.15) is 0 Å². The molecule has 1 aromatic carbocycles. The molecule has 0 spiro atoms. The molecule has 0 radical (unpaired) electrons. The van der Waals surface area contributed by atoms with Crippen LogP contribution in [0.1, 0.15) is 37.0 Å². The lowest BCUT2D eigenvalue weighted by atomic mass is 10.0. The highest BCUT2D eigenvalue weighted by Crippen LogP contribution is 2.29. The van der Waals surface area contributed by atoms with Gasteiger partial charge in [0, 0.05) is 17.2 Å². The number of benzene rings is 1. The lowest BCUT2D eigenvalue weighted by molar-refractivity contribution is 0.0945. The number of hydrogen-bond donors (Lipinski definition) is 1. The summed E-state index contributed by atoms with van der Waals surface area (Å²) in [5.74, 6) is -1.07. The maximum atomic E-state index is 13.5. The third kappa shape index (κ3) is 4.93. The van der Waals surface area contributed by atoms with Crippen molar-refractivity contribution in [2.75, 3.05) is 6.54 Å². The van der Waals surface area contributed by atoms with Crippen molar-refractivity contribution in [3.63, 3.8) is 0 Å². The maximum Gasteiger partial charge on any atom is 0.262 e. The minimum atomic E-state index is -4.15. The minimum absolute atomic E-state index is 0.0408. The zero-order chi connectivity index (χ0) is 16.2. The molecule has 21 heavy (non-hydrogen) atoms. The standard InChI is InChI=1S/C13H16BrClFNO3S/c1-3-8(4-2)7-17-13(18)10-5-9(16)6-11(12(10)14)21(15,19)20/h5-6,8H,3-4,7H2,1-2H3,(H,17,18). The van der Waals surface area contributed by atoms with Crippen LogP contribution in [0.5, 0.6) is 0 Å². The van der Waals surface area contributed by atoms with Crippen LogP contribution in [0.2, 0.25) is 0 Å². The van der Waals surface area contributed by atoms with E-state index in [0.717, 1.165) is 25.0 Å². The summed E-state index contributed by atoms with van der Waals surface area (Å²) in [7, 11) is 1.08. The number of hydrogen-bond acceptors (Lipinski definition) is 3. The summed E-state index contributed by atoms with van der Waals surface area (Å²) in [4.78, 5) is 11.6. The molecule has 1 N–H and O–H groups in total. The highest BCUT2D eigenvalue weighted by Gasteiger charge is 2.22. The Bertz CT molecular complexity index is 633. The highest BCUT2D eigenvalue weighted by atomic mass is 79.9. The van der Waals surface area contributed by atoms with Crippen LogP contribution in [0.25, 0.3) is 0 Å². The van der Waals surface area contributed by atoms with Gasteiger partial charge in [0.1, 0.15) is 10.7 Å². The van der Waals surface area contributed by atoms with E-state index in [4.69, 9.17) is 10.7 Å². The van der Waals surface area contributed by atoms with E-state index in [9.17, 15) is 17.6 Å². The van der Waals surface area contributed by atoms with Gasteiger partial charge < -0.3 is 5.32 Å². The fourth-order valence-corrected chi connectivity index (χ4v) is 4.09. The van der Waals surface area contributed by atoms with Gasteiger partial charge in [-0.1, -0.05) is 26.7 Å². The molecule has 0 fully saturated rings. The number of rotatable bonds is 6. The minimum Gasteiger partial charge on any atom is -0.352 e. The molecule has 0 bridgehead atoms. The van der Waals surface area contributed by atoms with Crippen LogP contribution in [0, 0.1) is 11.7 Å². The first-order chi connectivity index (χ1) is 9.70. The van der Waals surface area contributed by atoms with Crippen LogP contribution in [0.15, 0.2) is 21.5 Å². The average molecular weight is 401 g/mol. The number of carbonyl (C=O) groups excluding carboxylic acids is 1. The van der Waals surface area contributed by atoms with Crippen molar-refractivity contribution in [2.24, 2.45) is 5.92 Å². The first-order valence-electron chi connectivity index (χ1n) is 6.42. The fraction of sp³-hybridized carbons (Fsp3) is 0.462. The molecule has 0 unspecified atom stereocenters. The van der Waals surface area contributed by atoms with Gasteiger partial charge in [-0.25, -0.2) is 12.8 Å².